The monoisotopic (exact) mass is 437 g/mol. The number of carbonyl (C=O) groups is 2. The number of nitrogens with one attached hydrogen (secondary N) is 2. The fraction of sp³-hybridized carbons (Fsp3) is 0.412. The maximum Gasteiger partial charge on any atom is 0.253 e. The van der Waals surface area contributed by atoms with Crippen LogP contribution in [0.3, 0.4) is 0 Å². The molecule has 0 unspecified atom stereocenters. The normalized spacial score (nSPS) is 15.1. The summed E-state index contributed by atoms with van der Waals surface area (Å²) in [6, 6.07) is 7.33. The van der Waals surface area contributed by atoms with Crippen LogP contribution in [0.15, 0.2) is 28.7 Å². The first-order valence-electron chi connectivity index (χ1n) is 8.38. The first kappa shape index (κ1) is 18.8. The highest BCUT2D eigenvalue weighted by Crippen LogP contribution is 2.20. The number of rotatable bonds is 4. The van der Waals surface area contributed by atoms with Gasteiger partial charge in [0.15, 0.2) is 10.6 Å². The van der Waals surface area contributed by atoms with Crippen LogP contribution < -0.4 is 5.32 Å². The summed E-state index contributed by atoms with van der Waals surface area (Å²) in [6.45, 7) is 1.50. The second kappa shape index (κ2) is 8.13. The molecule has 1 aromatic carbocycles. The number of nitrogens with zero attached hydrogens (tertiary/aromatic N) is 3. The molecule has 2 aromatic rings. The molecule has 2 amide bonds. The van der Waals surface area contributed by atoms with Crippen molar-refractivity contribution in [3.8, 4) is 0 Å². The number of amides is 2. The fourth-order valence-electron chi connectivity index (χ4n) is 2.97. The van der Waals surface area contributed by atoms with Crippen molar-refractivity contribution in [2.75, 3.05) is 13.1 Å². The van der Waals surface area contributed by atoms with Gasteiger partial charge in [0, 0.05) is 36.1 Å². The molecule has 2 heterocycles. The largest absolute Gasteiger partial charge is 0.349 e. The number of aromatic amines is 1. The molecule has 0 radical (unpaired) electrons. The van der Waals surface area contributed by atoms with Crippen LogP contribution in [0.1, 0.15) is 29.0 Å². The molecular weight excluding hydrogens is 418 g/mol. The molecule has 26 heavy (non-hydrogen) atoms. The maximum absolute atomic E-state index is 12.5. The van der Waals surface area contributed by atoms with Gasteiger partial charge in [-0.05, 0) is 49.3 Å². The van der Waals surface area contributed by atoms with Crippen molar-refractivity contribution in [2.45, 2.75) is 19.4 Å². The summed E-state index contributed by atoms with van der Waals surface area (Å²) in [6.07, 6.45) is 1.32. The Hall–Kier alpha value is -2.00. The molecular formula is C17H20BrN5O2S. The molecule has 1 fully saturated rings. The average molecular weight is 438 g/mol. The zero-order chi connectivity index (χ0) is 18.7. The average Bonchev–Trinajstić information content (AvgIpc) is 2.98. The van der Waals surface area contributed by atoms with Gasteiger partial charge < -0.3 is 14.8 Å². The fourth-order valence-corrected chi connectivity index (χ4v) is 3.38. The third-order valence-electron chi connectivity index (χ3n) is 4.64. The number of carbonyl (C=O) groups excluding carboxylic acids is 2. The Morgan fingerprint density at radius 2 is 1.96 bits per heavy atom. The number of benzene rings is 1. The van der Waals surface area contributed by atoms with Gasteiger partial charge in [0.05, 0.1) is 6.54 Å². The Kier molecular flexibility index (Phi) is 5.87. The van der Waals surface area contributed by atoms with E-state index in [-0.39, 0.29) is 17.7 Å². The van der Waals surface area contributed by atoms with Crippen LogP contribution in [0.25, 0.3) is 0 Å². The summed E-state index contributed by atoms with van der Waals surface area (Å²) in [7, 11) is 1.81. The third-order valence-corrected chi connectivity index (χ3v) is 5.53. The summed E-state index contributed by atoms with van der Waals surface area (Å²) < 4.78 is 3.20. The summed E-state index contributed by atoms with van der Waals surface area (Å²) in [4.78, 5) is 26.7. The highest BCUT2D eigenvalue weighted by Gasteiger charge is 2.27. The first-order valence-corrected chi connectivity index (χ1v) is 9.58. The quantitative estimate of drug-likeness (QED) is 0.719. The van der Waals surface area contributed by atoms with Gasteiger partial charge in [0.2, 0.25) is 5.91 Å². The molecule has 7 nitrogen and oxygen atoms in total. The summed E-state index contributed by atoms with van der Waals surface area (Å²) >= 11 is 8.42. The second-order valence-electron chi connectivity index (χ2n) is 6.30. The van der Waals surface area contributed by atoms with E-state index in [9.17, 15) is 9.59 Å². The Bertz CT molecular complexity index is 853. The van der Waals surface area contributed by atoms with Crippen molar-refractivity contribution in [1.82, 2.24) is 25.0 Å². The third kappa shape index (κ3) is 4.21. The van der Waals surface area contributed by atoms with E-state index in [2.05, 4.69) is 31.4 Å². The maximum atomic E-state index is 12.5. The number of hydrogen-bond acceptors (Lipinski definition) is 4. The van der Waals surface area contributed by atoms with E-state index in [1.54, 1.807) is 11.6 Å². The highest BCUT2D eigenvalue weighted by molar-refractivity contribution is 9.10. The van der Waals surface area contributed by atoms with Crippen molar-refractivity contribution in [3.63, 3.8) is 0 Å². The van der Waals surface area contributed by atoms with E-state index in [1.807, 2.05) is 29.2 Å². The van der Waals surface area contributed by atoms with Crippen LogP contribution in [-0.2, 0) is 18.4 Å². The van der Waals surface area contributed by atoms with Gasteiger partial charge in [0.25, 0.3) is 5.91 Å². The number of halogens is 1. The Morgan fingerprint density at radius 1 is 1.31 bits per heavy atom. The van der Waals surface area contributed by atoms with Crippen molar-refractivity contribution in [2.24, 2.45) is 13.0 Å². The molecule has 0 saturated carbocycles. The van der Waals surface area contributed by atoms with Crippen molar-refractivity contribution in [3.05, 3.63) is 44.9 Å². The molecule has 1 aromatic heterocycles. The topological polar surface area (TPSA) is 83.0 Å². The van der Waals surface area contributed by atoms with Gasteiger partial charge in [-0.2, -0.15) is 5.10 Å². The van der Waals surface area contributed by atoms with Crippen LogP contribution in [0.2, 0.25) is 0 Å². The van der Waals surface area contributed by atoms with Crippen LogP contribution in [0.5, 0.6) is 0 Å². The zero-order valence-electron chi connectivity index (χ0n) is 14.4. The molecule has 0 spiro atoms. The summed E-state index contributed by atoms with van der Waals surface area (Å²) in [5.41, 5.74) is 0.668. The minimum absolute atomic E-state index is 0.00495. The molecule has 1 aliphatic heterocycles. The van der Waals surface area contributed by atoms with Gasteiger partial charge >= 0.3 is 0 Å². The smallest absolute Gasteiger partial charge is 0.253 e. The van der Waals surface area contributed by atoms with Crippen molar-refractivity contribution < 1.29 is 9.59 Å². The molecule has 138 valence electrons. The predicted molar refractivity (Wildman–Crippen MR) is 103 cm³/mol. The van der Waals surface area contributed by atoms with Crippen LogP contribution in [0, 0.1) is 10.7 Å². The van der Waals surface area contributed by atoms with E-state index in [0.717, 1.165) is 4.47 Å². The predicted octanol–water partition coefficient (Wildman–Crippen LogP) is 2.41. The van der Waals surface area contributed by atoms with Crippen LogP contribution in [0.4, 0.5) is 0 Å². The van der Waals surface area contributed by atoms with Gasteiger partial charge in [-0.1, -0.05) is 15.9 Å². The molecule has 1 saturated heterocycles. The lowest BCUT2D eigenvalue weighted by Gasteiger charge is -2.31. The second-order valence-corrected chi connectivity index (χ2v) is 7.60. The first-order chi connectivity index (χ1) is 12.5. The van der Waals surface area contributed by atoms with E-state index >= 15 is 0 Å². The Labute approximate surface area is 164 Å². The number of H-pyrrole nitrogens is 1. The summed E-state index contributed by atoms with van der Waals surface area (Å²) in [5.74, 6) is 0.606. The van der Waals surface area contributed by atoms with Crippen molar-refractivity contribution in [1.29, 1.82) is 0 Å². The minimum atomic E-state index is -0.0869. The van der Waals surface area contributed by atoms with E-state index in [4.69, 9.17) is 12.2 Å². The van der Waals surface area contributed by atoms with Crippen LogP contribution >= 0.6 is 28.1 Å². The standard InChI is InChI=1S/C17H20BrN5O2S/c1-22-14(20-21-17(22)26)10-19-15(24)11-6-8-23(9-7-11)16(25)12-2-4-13(18)5-3-12/h2-5,11H,6-10H2,1H3,(H,19,24)(H,21,26). The Morgan fingerprint density at radius 3 is 2.54 bits per heavy atom. The van der Waals surface area contributed by atoms with Gasteiger partial charge in [-0.15, -0.1) is 0 Å². The zero-order valence-corrected chi connectivity index (χ0v) is 16.8. The lowest BCUT2D eigenvalue weighted by atomic mass is 9.95. The van der Waals surface area contributed by atoms with Gasteiger partial charge in [0.1, 0.15) is 0 Å². The van der Waals surface area contributed by atoms with Crippen molar-refractivity contribution >= 4 is 40.0 Å². The van der Waals surface area contributed by atoms with E-state index in [0.29, 0.717) is 48.6 Å². The molecule has 0 atom stereocenters. The lowest BCUT2D eigenvalue weighted by molar-refractivity contribution is -0.126. The van der Waals surface area contributed by atoms with Crippen LogP contribution in [-0.4, -0.2) is 44.6 Å². The number of likely N-dealkylation sites (tertiary alicyclic amines) is 1. The van der Waals surface area contributed by atoms with E-state index in [1.165, 1.54) is 0 Å². The molecule has 1 aliphatic rings. The highest BCUT2D eigenvalue weighted by atomic mass is 79.9. The molecule has 3 rings (SSSR count). The SMILES string of the molecule is Cn1c(CNC(=O)C2CCN(C(=O)c3ccc(Br)cc3)CC2)n[nH]c1=S. The molecule has 0 aliphatic carbocycles. The molecule has 0 bridgehead atoms. The Balaban J connectivity index is 1.50. The van der Waals surface area contributed by atoms with E-state index < -0.39 is 0 Å². The lowest BCUT2D eigenvalue weighted by Crippen LogP contribution is -2.43. The molecule has 9 heteroatoms. The summed E-state index contributed by atoms with van der Waals surface area (Å²) in [5, 5.41) is 9.68. The number of piperidine rings is 1. The van der Waals surface area contributed by atoms with Gasteiger partial charge in [-0.3, -0.25) is 14.7 Å². The number of hydrogen-bond donors (Lipinski definition) is 2. The van der Waals surface area contributed by atoms with Gasteiger partial charge in [-0.25, -0.2) is 0 Å². The molecule has 2 N–H and O–H groups in total. The number of aromatic nitrogens is 3. The minimum Gasteiger partial charge on any atom is -0.349 e.